The van der Waals surface area contributed by atoms with Crippen molar-refractivity contribution in [3.05, 3.63) is 76.6 Å². The molecular weight excluding hydrogens is 406 g/mol. The summed E-state index contributed by atoms with van der Waals surface area (Å²) in [7, 11) is 0. The van der Waals surface area contributed by atoms with Crippen LogP contribution >= 0.6 is 11.3 Å². The number of benzene rings is 2. The van der Waals surface area contributed by atoms with Crippen LogP contribution in [0.5, 0.6) is 0 Å². The molecule has 4 nitrogen and oxygen atoms in total. The van der Waals surface area contributed by atoms with E-state index in [-0.39, 0.29) is 17.1 Å². The minimum Gasteiger partial charge on any atom is -0.321 e. The van der Waals surface area contributed by atoms with Crippen LogP contribution in [0.3, 0.4) is 0 Å². The molecule has 0 fully saturated rings. The number of alkyl halides is 3. The van der Waals surface area contributed by atoms with Crippen molar-refractivity contribution in [2.45, 2.75) is 6.18 Å². The van der Waals surface area contributed by atoms with Crippen LogP contribution in [0.4, 0.5) is 23.2 Å². The monoisotopic (exact) mass is 417 g/mol. The maximum atomic E-state index is 13.0. The fraction of sp³-hybridized carbons (Fsp3) is 0.0500. The smallest absolute Gasteiger partial charge is 0.321 e. The zero-order valence-corrected chi connectivity index (χ0v) is 15.3. The fourth-order valence-corrected chi connectivity index (χ4v) is 3.13. The number of nitrogens with zero attached hydrogens (tertiary/aromatic N) is 2. The van der Waals surface area contributed by atoms with E-state index >= 15 is 0 Å². The highest BCUT2D eigenvalue weighted by atomic mass is 32.1. The lowest BCUT2D eigenvalue weighted by atomic mass is 10.1. The van der Waals surface area contributed by atoms with Gasteiger partial charge in [-0.05, 0) is 48.5 Å². The third-order valence-corrected chi connectivity index (χ3v) is 4.63. The number of hydrogen-bond donors (Lipinski definition) is 1. The van der Waals surface area contributed by atoms with Gasteiger partial charge in [-0.25, -0.2) is 9.37 Å². The molecule has 1 amide bonds. The molecule has 0 aliphatic rings. The van der Waals surface area contributed by atoms with Gasteiger partial charge in [-0.3, -0.25) is 4.79 Å². The average molecular weight is 417 g/mol. The van der Waals surface area contributed by atoms with Crippen molar-refractivity contribution in [1.82, 2.24) is 4.98 Å². The van der Waals surface area contributed by atoms with Crippen molar-refractivity contribution >= 4 is 29.0 Å². The number of nitriles is 1. The number of rotatable bonds is 4. The molecule has 3 rings (SSSR count). The van der Waals surface area contributed by atoms with Gasteiger partial charge in [-0.15, -0.1) is 11.3 Å². The van der Waals surface area contributed by atoms with Crippen LogP contribution in [0, 0.1) is 17.1 Å². The van der Waals surface area contributed by atoms with Crippen LogP contribution < -0.4 is 5.32 Å². The van der Waals surface area contributed by atoms with Crippen molar-refractivity contribution in [2.75, 3.05) is 5.32 Å². The van der Waals surface area contributed by atoms with Crippen LogP contribution in [-0.2, 0) is 11.0 Å². The highest BCUT2D eigenvalue weighted by Gasteiger charge is 2.30. The molecule has 0 spiro atoms. The molecule has 0 bridgehead atoms. The van der Waals surface area contributed by atoms with E-state index in [9.17, 15) is 27.6 Å². The molecule has 0 saturated carbocycles. The first-order chi connectivity index (χ1) is 13.8. The largest absolute Gasteiger partial charge is 0.416 e. The number of hydrogen-bond acceptors (Lipinski definition) is 4. The SMILES string of the molecule is N#C/C(=C/c1csc(-c2ccc(F)cc2)n1)C(=O)Nc1cccc(C(F)(F)F)c1. The molecule has 0 aliphatic carbocycles. The Hall–Kier alpha value is -3.51. The highest BCUT2D eigenvalue weighted by molar-refractivity contribution is 7.13. The predicted molar refractivity (Wildman–Crippen MR) is 101 cm³/mol. The van der Waals surface area contributed by atoms with Crippen LogP contribution in [0.15, 0.2) is 59.5 Å². The van der Waals surface area contributed by atoms with E-state index in [0.29, 0.717) is 16.3 Å². The maximum absolute atomic E-state index is 13.0. The number of aromatic nitrogens is 1. The van der Waals surface area contributed by atoms with Crippen molar-refractivity contribution in [1.29, 1.82) is 5.26 Å². The first-order valence-electron chi connectivity index (χ1n) is 8.08. The normalized spacial score (nSPS) is 11.8. The van der Waals surface area contributed by atoms with Crippen LogP contribution in [-0.4, -0.2) is 10.9 Å². The summed E-state index contributed by atoms with van der Waals surface area (Å²) in [6.07, 6.45) is -3.32. The van der Waals surface area contributed by atoms with Gasteiger partial charge in [0.25, 0.3) is 5.91 Å². The zero-order chi connectivity index (χ0) is 21.0. The predicted octanol–water partition coefficient (Wildman–Crippen LogP) is 5.51. The third kappa shape index (κ3) is 5.06. The standard InChI is InChI=1S/C20H11F4N3OS/c21-15-6-4-12(5-7-15)19-27-17(11-29-19)8-13(10-25)18(28)26-16-3-1-2-14(9-16)20(22,23)24/h1-9,11H,(H,26,28)/b13-8-. The van der Waals surface area contributed by atoms with Gasteiger partial charge in [0.15, 0.2) is 0 Å². The second-order valence-electron chi connectivity index (χ2n) is 5.79. The summed E-state index contributed by atoms with van der Waals surface area (Å²) in [5.41, 5.74) is -0.330. The summed E-state index contributed by atoms with van der Waals surface area (Å²) in [6, 6.07) is 11.5. The lowest BCUT2D eigenvalue weighted by Gasteiger charge is -2.09. The molecule has 1 N–H and O–H groups in total. The number of carbonyl (C=O) groups is 1. The molecule has 146 valence electrons. The minimum atomic E-state index is -4.55. The Balaban J connectivity index is 1.79. The van der Waals surface area contributed by atoms with Crippen LogP contribution in [0.2, 0.25) is 0 Å². The van der Waals surface area contributed by atoms with Crippen LogP contribution in [0.25, 0.3) is 16.6 Å². The molecular formula is C20H11F4N3OS. The van der Waals surface area contributed by atoms with E-state index in [0.717, 1.165) is 18.2 Å². The van der Waals surface area contributed by atoms with E-state index in [2.05, 4.69) is 10.3 Å². The number of nitrogens with one attached hydrogen (secondary N) is 1. The molecule has 0 saturated heterocycles. The van der Waals surface area contributed by atoms with E-state index in [1.54, 1.807) is 23.6 Å². The first kappa shape index (κ1) is 20.2. The van der Waals surface area contributed by atoms with Gasteiger partial charge in [-0.1, -0.05) is 6.07 Å². The van der Waals surface area contributed by atoms with Gasteiger partial charge in [-0.2, -0.15) is 18.4 Å². The van der Waals surface area contributed by atoms with E-state index in [4.69, 9.17) is 0 Å². The third-order valence-electron chi connectivity index (χ3n) is 3.72. The van der Waals surface area contributed by atoms with E-state index in [1.165, 1.54) is 35.6 Å². The van der Waals surface area contributed by atoms with Gasteiger partial charge in [0.2, 0.25) is 0 Å². The molecule has 3 aromatic rings. The maximum Gasteiger partial charge on any atom is 0.416 e. The summed E-state index contributed by atoms with van der Waals surface area (Å²) < 4.78 is 51.3. The molecule has 0 atom stereocenters. The Labute approximate surface area is 166 Å². The Kier molecular flexibility index (Phi) is 5.75. The molecule has 29 heavy (non-hydrogen) atoms. The Morgan fingerprint density at radius 1 is 1.17 bits per heavy atom. The van der Waals surface area contributed by atoms with Gasteiger partial charge in [0.05, 0.1) is 11.3 Å². The molecule has 9 heteroatoms. The lowest BCUT2D eigenvalue weighted by Crippen LogP contribution is -2.14. The number of thiazole rings is 1. The summed E-state index contributed by atoms with van der Waals surface area (Å²) >= 11 is 1.24. The minimum absolute atomic E-state index is 0.0868. The Morgan fingerprint density at radius 3 is 2.55 bits per heavy atom. The fourth-order valence-electron chi connectivity index (χ4n) is 2.35. The Bertz CT molecular complexity index is 1110. The number of anilines is 1. The first-order valence-corrected chi connectivity index (χ1v) is 8.96. The summed E-state index contributed by atoms with van der Waals surface area (Å²) in [6.45, 7) is 0. The van der Waals surface area contributed by atoms with Gasteiger partial charge in [0.1, 0.15) is 22.5 Å². The van der Waals surface area contributed by atoms with Crippen molar-refractivity contribution in [3.8, 4) is 16.6 Å². The molecule has 1 aromatic heterocycles. The molecule has 0 radical (unpaired) electrons. The quantitative estimate of drug-likeness (QED) is 0.346. The van der Waals surface area contributed by atoms with E-state index < -0.39 is 17.6 Å². The van der Waals surface area contributed by atoms with Crippen molar-refractivity contribution in [3.63, 3.8) is 0 Å². The van der Waals surface area contributed by atoms with Crippen molar-refractivity contribution in [2.24, 2.45) is 0 Å². The van der Waals surface area contributed by atoms with Gasteiger partial charge in [0, 0.05) is 16.6 Å². The van der Waals surface area contributed by atoms with Gasteiger partial charge >= 0.3 is 6.18 Å². The van der Waals surface area contributed by atoms with E-state index in [1.807, 2.05) is 0 Å². The molecule has 0 aliphatic heterocycles. The lowest BCUT2D eigenvalue weighted by molar-refractivity contribution is -0.137. The summed E-state index contributed by atoms with van der Waals surface area (Å²) in [5.74, 6) is -1.24. The zero-order valence-electron chi connectivity index (χ0n) is 14.5. The molecule has 0 unspecified atom stereocenters. The summed E-state index contributed by atoms with van der Waals surface area (Å²) in [5, 5.41) is 13.7. The second-order valence-corrected chi connectivity index (χ2v) is 6.65. The molecule has 1 heterocycles. The summed E-state index contributed by atoms with van der Waals surface area (Å²) in [4.78, 5) is 16.5. The molecule has 2 aromatic carbocycles. The van der Waals surface area contributed by atoms with Gasteiger partial charge < -0.3 is 5.32 Å². The average Bonchev–Trinajstić information content (AvgIpc) is 3.14. The number of halogens is 4. The highest BCUT2D eigenvalue weighted by Crippen LogP contribution is 2.31. The van der Waals surface area contributed by atoms with Crippen LogP contribution in [0.1, 0.15) is 11.3 Å². The van der Waals surface area contributed by atoms with Crippen molar-refractivity contribution < 1.29 is 22.4 Å². The number of carbonyl (C=O) groups excluding carboxylic acids is 1. The Morgan fingerprint density at radius 2 is 1.90 bits per heavy atom. The topological polar surface area (TPSA) is 65.8 Å². The second kappa shape index (κ2) is 8.24. The number of amides is 1.